The van der Waals surface area contributed by atoms with Crippen molar-refractivity contribution in [2.75, 3.05) is 13.2 Å². The maximum absolute atomic E-state index is 10.3. The van der Waals surface area contributed by atoms with E-state index in [1.165, 1.54) is 24.3 Å². The Hall–Kier alpha value is -1.22. The fourth-order valence-corrected chi connectivity index (χ4v) is 0.830. The lowest BCUT2D eigenvalue weighted by atomic mass is 10.2. The molecule has 1 aliphatic rings. The molecule has 1 aliphatic carbocycles. The molecule has 0 aromatic carbocycles. The van der Waals surface area contributed by atoms with Crippen LogP contribution in [0.3, 0.4) is 0 Å². The molecule has 0 saturated carbocycles. The normalized spacial score (nSPS) is 13.7. The van der Waals surface area contributed by atoms with E-state index >= 15 is 0 Å². The van der Waals surface area contributed by atoms with Crippen LogP contribution >= 0.6 is 0 Å². The highest BCUT2D eigenvalue weighted by Gasteiger charge is 1.97. The topological polar surface area (TPSA) is 43.4 Å². The van der Waals surface area contributed by atoms with Gasteiger partial charge < -0.3 is 4.74 Å². The van der Waals surface area contributed by atoms with Gasteiger partial charge in [-0.1, -0.05) is 13.8 Å². The summed E-state index contributed by atoms with van der Waals surface area (Å²) in [5.41, 5.74) is 0. The molecule has 0 amide bonds. The van der Waals surface area contributed by atoms with Gasteiger partial charge in [0.05, 0.1) is 0 Å². The minimum Gasteiger partial charge on any atom is -0.381 e. The second-order valence-electron chi connectivity index (χ2n) is 3.08. The number of ketones is 2. The summed E-state index contributed by atoms with van der Waals surface area (Å²) in [6.45, 7) is 6.09. The van der Waals surface area contributed by atoms with Crippen LogP contribution in [0, 0.1) is 0 Å². The molecule has 0 aliphatic heterocycles. The maximum Gasteiger partial charge on any atom is 0.178 e. The summed E-state index contributed by atoms with van der Waals surface area (Å²) in [4.78, 5) is 20.6. The first-order chi connectivity index (χ1) is 7.20. The second kappa shape index (κ2) is 9.34. The van der Waals surface area contributed by atoms with Crippen LogP contribution in [-0.4, -0.2) is 24.8 Å². The van der Waals surface area contributed by atoms with E-state index in [4.69, 9.17) is 4.74 Å². The third-order valence-corrected chi connectivity index (χ3v) is 1.52. The molecule has 0 atom stereocenters. The van der Waals surface area contributed by atoms with Crippen LogP contribution in [0.25, 0.3) is 0 Å². The first kappa shape index (κ1) is 13.8. The van der Waals surface area contributed by atoms with Crippen LogP contribution in [0.15, 0.2) is 24.3 Å². The minimum absolute atomic E-state index is 0.121. The zero-order valence-electron chi connectivity index (χ0n) is 9.36. The van der Waals surface area contributed by atoms with Gasteiger partial charge >= 0.3 is 0 Å². The number of ether oxygens (including phenoxy) is 1. The van der Waals surface area contributed by atoms with E-state index in [0.29, 0.717) is 0 Å². The van der Waals surface area contributed by atoms with Gasteiger partial charge in [0.25, 0.3) is 0 Å². The Morgan fingerprint density at radius 2 is 1.20 bits per heavy atom. The van der Waals surface area contributed by atoms with Crippen LogP contribution in [0.5, 0.6) is 0 Å². The Balaban J connectivity index is 0.000000265. The molecule has 0 heterocycles. The number of hydrogen-bond donors (Lipinski definition) is 0. The lowest BCUT2D eigenvalue weighted by Gasteiger charge is -1.95. The van der Waals surface area contributed by atoms with Crippen molar-refractivity contribution in [2.45, 2.75) is 26.7 Å². The van der Waals surface area contributed by atoms with Gasteiger partial charge in [-0.3, -0.25) is 9.59 Å². The SMILES string of the molecule is CCCOCCC.O=C1C=CC(=O)C=C1. The average Bonchev–Trinajstić information content (AvgIpc) is 2.24. The highest BCUT2D eigenvalue weighted by atomic mass is 16.5. The number of carbonyl (C=O) groups is 2. The van der Waals surface area contributed by atoms with Crippen molar-refractivity contribution in [2.24, 2.45) is 0 Å². The molecule has 3 nitrogen and oxygen atoms in total. The molecule has 0 aromatic heterocycles. The summed E-state index contributed by atoms with van der Waals surface area (Å²) in [6.07, 6.45) is 7.29. The molecule has 0 spiro atoms. The molecule has 0 N–H and O–H groups in total. The Bertz CT molecular complexity index is 210. The molecule has 0 bridgehead atoms. The smallest absolute Gasteiger partial charge is 0.178 e. The third-order valence-electron chi connectivity index (χ3n) is 1.52. The molecule has 0 aromatic rings. The molecule has 15 heavy (non-hydrogen) atoms. The van der Waals surface area contributed by atoms with Gasteiger partial charge in [-0.15, -0.1) is 0 Å². The van der Waals surface area contributed by atoms with Gasteiger partial charge in [-0.2, -0.15) is 0 Å². The quantitative estimate of drug-likeness (QED) is 0.527. The number of rotatable bonds is 4. The second-order valence-corrected chi connectivity index (χ2v) is 3.08. The fraction of sp³-hybridized carbons (Fsp3) is 0.500. The summed E-state index contributed by atoms with van der Waals surface area (Å²) in [6, 6.07) is 0. The van der Waals surface area contributed by atoms with Gasteiger partial charge in [-0.05, 0) is 37.1 Å². The van der Waals surface area contributed by atoms with E-state index in [-0.39, 0.29) is 11.6 Å². The molecule has 0 unspecified atom stereocenters. The molecule has 0 radical (unpaired) electrons. The molecule has 3 heteroatoms. The van der Waals surface area contributed by atoms with Crippen molar-refractivity contribution in [3.05, 3.63) is 24.3 Å². The first-order valence-electron chi connectivity index (χ1n) is 5.22. The highest BCUT2D eigenvalue weighted by Crippen LogP contribution is 1.90. The Kier molecular flexibility index (Phi) is 8.58. The van der Waals surface area contributed by atoms with Gasteiger partial charge in [0.15, 0.2) is 11.6 Å². The predicted octanol–water partition coefficient (Wildman–Crippen LogP) is 2.07. The Morgan fingerprint density at radius 3 is 1.47 bits per heavy atom. The van der Waals surface area contributed by atoms with E-state index in [9.17, 15) is 9.59 Å². The number of hydrogen-bond acceptors (Lipinski definition) is 3. The third kappa shape index (κ3) is 9.09. The summed E-state index contributed by atoms with van der Waals surface area (Å²) in [7, 11) is 0. The van der Waals surface area contributed by atoms with Crippen molar-refractivity contribution in [1.29, 1.82) is 0 Å². The van der Waals surface area contributed by atoms with Crippen molar-refractivity contribution < 1.29 is 14.3 Å². The first-order valence-corrected chi connectivity index (χ1v) is 5.22. The van der Waals surface area contributed by atoms with Crippen molar-refractivity contribution >= 4 is 11.6 Å². The Labute approximate surface area is 90.8 Å². The monoisotopic (exact) mass is 210 g/mol. The summed E-state index contributed by atoms with van der Waals surface area (Å²) >= 11 is 0. The summed E-state index contributed by atoms with van der Waals surface area (Å²) < 4.78 is 5.13. The number of carbonyl (C=O) groups excluding carboxylic acids is 2. The van der Waals surface area contributed by atoms with Gasteiger partial charge in [0.1, 0.15) is 0 Å². The lowest BCUT2D eigenvalue weighted by molar-refractivity contribution is -0.113. The molecule has 0 saturated heterocycles. The molecule has 1 rings (SSSR count). The summed E-state index contributed by atoms with van der Waals surface area (Å²) in [5, 5.41) is 0. The van der Waals surface area contributed by atoms with Crippen molar-refractivity contribution in [3.8, 4) is 0 Å². The van der Waals surface area contributed by atoms with Gasteiger partial charge in [0.2, 0.25) is 0 Å². The largest absolute Gasteiger partial charge is 0.381 e. The minimum atomic E-state index is -0.121. The molecule has 84 valence electrons. The van der Waals surface area contributed by atoms with Crippen LogP contribution < -0.4 is 0 Å². The van der Waals surface area contributed by atoms with Crippen LogP contribution in [0.4, 0.5) is 0 Å². The van der Waals surface area contributed by atoms with E-state index < -0.39 is 0 Å². The van der Waals surface area contributed by atoms with E-state index in [1.807, 2.05) is 0 Å². The van der Waals surface area contributed by atoms with Gasteiger partial charge in [-0.25, -0.2) is 0 Å². The highest BCUT2D eigenvalue weighted by molar-refractivity contribution is 6.14. The molecular weight excluding hydrogens is 192 g/mol. The zero-order valence-corrected chi connectivity index (χ0v) is 9.36. The Morgan fingerprint density at radius 1 is 0.867 bits per heavy atom. The van der Waals surface area contributed by atoms with Crippen LogP contribution in [-0.2, 0) is 14.3 Å². The van der Waals surface area contributed by atoms with Crippen LogP contribution in [0.2, 0.25) is 0 Å². The van der Waals surface area contributed by atoms with E-state index in [2.05, 4.69) is 13.8 Å². The fourth-order valence-electron chi connectivity index (χ4n) is 0.830. The summed E-state index contributed by atoms with van der Waals surface area (Å²) in [5.74, 6) is -0.241. The van der Waals surface area contributed by atoms with Crippen molar-refractivity contribution in [3.63, 3.8) is 0 Å². The predicted molar refractivity (Wildman–Crippen MR) is 59.7 cm³/mol. The van der Waals surface area contributed by atoms with E-state index in [0.717, 1.165) is 26.1 Å². The number of allylic oxidation sites excluding steroid dienone is 4. The van der Waals surface area contributed by atoms with E-state index in [1.54, 1.807) is 0 Å². The molecular formula is C12H18O3. The van der Waals surface area contributed by atoms with Gasteiger partial charge in [0, 0.05) is 13.2 Å². The van der Waals surface area contributed by atoms with Crippen LogP contribution in [0.1, 0.15) is 26.7 Å². The average molecular weight is 210 g/mol. The zero-order chi connectivity index (χ0) is 11.5. The van der Waals surface area contributed by atoms with Crippen molar-refractivity contribution in [1.82, 2.24) is 0 Å². The maximum atomic E-state index is 10.3. The molecule has 0 fully saturated rings. The lowest BCUT2D eigenvalue weighted by Crippen LogP contribution is -1.97. The standard InChI is InChI=1S/C6H4O2.C6H14O/c7-5-1-2-6(8)4-3-5;1-3-5-7-6-4-2/h1-4H;3-6H2,1-2H3.